The number of aromatic nitrogens is 2. The molecule has 39 valence electrons. The fourth-order valence-corrected chi connectivity index (χ4v) is 0.314. The second-order valence-corrected chi connectivity index (χ2v) is 1.16. The lowest BCUT2D eigenvalue weighted by Crippen LogP contribution is -2.03. The van der Waals surface area contributed by atoms with Crippen LogP contribution in [0.2, 0.25) is 0 Å². The maximum Gasteiger partial charge on any atom is 0.367 e. The van der Waals surface area contributed by atoms with Gasteiger partial charge in [0.2, 0.25) is 0 Å². The lowest BCUT2D eigenvalue weighted by atomic mass is 10.6. The number of hydrogen-bond acceptors (Lipinski definition) is 3. The fraction of sp³-hybridized carbons (Fsp3) is 0. The maximum absolute atomic E-state index is 10.2. The molecule has 0 fully saturated rings. The molecule has 0 aliphatic carbocycles. The molecule has 0 aliphatic heterocycles. The zero-order valence-electron chi connectivity index (χ0n) is 4.03. The standard InChI is InChI=1S/C5H3N2O/c8-5-6-3-1-2-4-7-5/h1-3H. The Bertz CT molecular complexity index is 201. The number of hydrogen-bond donors (Lipinski definition) is 0. The SMILES string of the molecule is O=c1n[c]cccn1. The van der Waals surface area contributed by atoms with E-state index in [1.54, 1.807) is 6.07 Å². The van der Waals surface area contributed by atoms with Crippen LogP contribution in [0.3, 0.4) is 0 Å². The fourth-order valence-electron chi connectivity index (χ4n) is 0.314. The van der Waals surface area contributed by atoms with Gasteiger partial charge >= 0.3 is 5.69 Å². The van der Waals surface area contributed by atoms with Crippen LogP contribution in [-0.4, -0.2) is 9.97 Å². The molecule has 1 heterocycles. The van der Waals surface area contributed by atoms with Gasteiger partial charge < -0.3 is 0 Å². The molecule has 1 aromatic heterocycles. The van der Waals surface area contributed by atoms with E-state index in [1.165, 1.54) is 12.3 Å². The topological polar surface area (TPSA) is 42.9 Å². The number of nitrogens with zero attached hydrogens (tertiary/aromatic N) is 2. The zero-order chi connectivity index (χ0) is 5.82. The van der Waals surface area contributed by atoms with Crippen LogP contribution in [0.5, 0.6) is 0 Å². The summed E-state index contributed by atoms with van der Waals surface area (Å²) in [6.45, 7) is 0. The van der Waals surface area contributed by atoms with E-state index in [0.29, 0.717) is 0 Å². The molecule has 0 amide bonds. The van der Waals surface area contributed by atoms with E-state index in [-0.39, 0.29) is 0 Å². The Morgan fingerprint density at radius 2 is 2.50 bits per heavy atom. The molecule has 0 unspecified atom stereocenters. The summed E-state index contributed by atoms with van der Waals surface area (Å²) in [5.41, 5.74) is -0.505. The smallest absolute Gasteiger partial charge is 0.244 e. The van der Waals surface area contributed by atoms with Crippen LogP contribution in [0.4, 0.5) is 0 Å². The van der Waals surface area contributed by atoms with Crippen LogP contribution in [0, 0.1) is 6.20 Å². The highest BCUT2D eigenvalue weighted by Gasteiger charge is 1.73. The monoisotopic (exact) mass is 107 g/mol. The van der Waals surface area contributed by atoms with Gasteiger partial charge in [-0.3, -0.25) is 0 Å². The van der Waals surface area contributed by atoms with Crippen molar-refractivity contribution in [2.45, 2.75) is 0 Å². The van der Waals surface area contributed by atoms with Gasteiger partial charge in [0, 0.05) is 6.20 Å². The average molecular weight is 107 g/mol. The summed E-state index contributed by atoms with van der Waals surface area (Å²) in [7, 11) is 0. The first-order valence-corrected chi connectivity index (χ1v) is 2.09. The van der Waals surface area contributed by atoms with Crippen LogP contribution in [0.1, 0.15) is 0 Å². The summed E-state index contributed by atoms with van der Waals surface area (Å²) < 4.78 is 0. The Labute approximate surface area is 46.0 Å². The first-order chi connectivity index (χ1) is 3.89. The van der Waals surface area contributed by atoms with E-state index in [4.69, 9.17) is 0 Å². The second kappa shape index (κ2) is 2.16. The molecule has 0 spiro atoms. The maximum atomic E-state index is 10.2. The van der Waals surface area contributed by atoms with E-state index in [1.807, 2.05) is 0 Å². The summed E-state index contributed by atoms with van der Waals surface area (Å²) in [6.07, 6.45) is 3.75. The predicted octanol–water partition coefficient (Wildman–Crippen LogP) is -0.363. The Morgan fingerprint density at radius 3 is 3.38 bits per heavy atom. The van der Waals surface area contributed by atoms with E-state index in [9.17, 15) is 4.79 Å². The predicted molar refractivity (Wildman–Crippen MR) is 27.1 cm³/mol. The lowest BCUT2D eigenvalue weighted by molar-refractivity contribution is 1.11. The molecule has 0 bridgehead atoms. The molecule has 0 aromatic carbocycles. The Morgan fingerprint density at radius 1 is 1.62 bits per heavy atom. The molecular formula is C5H3N2O. The molecule has 0 saturated carbocycles. The molecule has 1 rings (SSSR count). The van der Waals surface area contributed by atoms with Crippen molar-refractivity contribution in [1.29, 1.82) is 0 Å². The van der Waals surface area contributed by atoms with E-state index >= 15 is 0 Å². The van der Waals surface area contributed by atoms with Crippen molar-refractivity contribution in [3.05, 3.63) is 35.0 Å². The van der Waals surface area contributed by atoms with Crippen molar-refractivity contribution >= 4 is 0 Å². The van der Waals surface area contributed by atoms with E-state index in [2.05, 4.69) is 16.2 Å². The van der Waals surface area contributed by atoms with Crippen molar-refractivity contribution in [2.24, 2.45) is 0 Å². The summed E-state index contributed by atoms with van der Waals surface area (Å²) in [6, 6.07) is 3.11. The quantitative estimate of drug-likeness (QED) is 0.454. The van der Waals surface area contributed by atoms with Gasteiger partial charge in [-0.1, -0.05) is 0 Å². The first-order valence-electron chi connectivity index (χ1n) is 2.09. The van der Waals surface area contributed by atoms with Crippen molar-refractivity contribution in [3.63, 3.8) is 0 Å². The molecule has 1 radical (unpaired) electrons. The van der Waals surface area contributed by atoms with Gasteiger partial charge in [0.15, 0.2) is 0 Å². The Balaban J connectivity index is 3.32. The lowest BCUT2D eigenvalue weighted by Gasteiger charge is -1.56. The van der Waals surface area contributed by atoms with Gasteiger partial charge in [-0.05, 0) is 12.1 Å². The van der Waals surface area contributed by atoms with Crippen LogP contribution in [0.15, 0.2) is 23.1 Å². The largest absolute Gasteiger partial charge is 0.367 e. The van der Waals surface area contributed by atoms with Gasteiger partial charge in [-0.2, -0.15) is 4.98 Å². The minimum absolute atomic E-state index is 0.505. The van der Waals surface area contributed by atoms with Gasteiger partial charge in [0.05, 0.1) is 6.20 Å². The summed E-state index contributed by atoms with van der Waals surface area (Å²) in [5.74, 6) is 0. The Kier molecular flexibility index (Phi) is 1.32. The van der Waals surface area contributed by atoms with Crippen LogP contribution in [-0.2, 0) is 0 Å². The molecule has 0 atom stereocenters. The summed E-state index contributed by atoms with van der Waals surface area (Å²) in [4.78, 5) is 16.8. The van der Waals surface area contributed by atoms with Crippen LogP contribution < -0.4 is 5.69 Å². The molecule has 3 nitrogen and oxygen atoms in total. The third kappa shape index (κ3) is 1.11. The Hall–Kier alpha value is -1.25. The first kappa shape index (κ1) is 4.90. The summed E-state index contributed by atoms with van der Waals surface area (Å²) >= 11 is 0. The van der Waals surface area contributed by atoms with Gasteiger partial charge in [0.1, 0.15) is 0 Å². The van der Waals surface area contributed by atoms with Crippen molar-refractivity contribution in [2.75, 3.05) is 0 Å². The number of rotatable bonds is 0. The van der Waals surface area contributed by atoms with Crippen LogP contribution in [0.25, 0.3) is 0 Å². The van der Waals surface area contributed by atoms with Gasteiger partial charge in [-0.25, -0.2) is 9.78 Å². The third-order valence-electron chi connectivity index (χ3n) is 0.602. The van der Waals surface area contributed by atoms with Gasteiger partial charge in [0.25, 0.3) is 0 Å². The molecular weight excluding hydrogens is 104 g/mol. The van der Waals surface area contributed by atoms with Crippen molar-refractivity contribution in [1.82, 2.24) is 9.97 Å². The zero-order valence-corrected chi connectivity index (χ0v) is 4.03. The van der Waals surface area contributed by atoms with Crippen molar-refractivity contribution in [3.8, 4) is 0 Å². The minimum atomic E-state index is -0.505. The molecule has 0 aliphatic rings. The second-order valence-electron chi connectivity index (χ2n) is 1.16. The molecule has 0 saturated heterocycles. The normalized spacial score (nSPS) is 8.50. The molecule has 8 heavy (non-hydrogen) atoms. The van der Waals surface area contributed by atoms with Crippen molar-refractivity contribution < 1.29 is 0 Å². The van der Waals surface area contributed by atoms with Gasteiger partial charge in [-0.15, -0.1) is 0 Å². The highest BCUT2D eigenvalue weighted by Crippen LogP contribution is 1.64. The third-order valence-corrected chi connectivity index (χ3v) is 0.602. The van der Waals surface area contributed by atoms with E-state index in [0.717, 1.165) is 0 Å². The molecule has 1 aromatic rings. The van der Waals surface area contributed by atoms with E-state index < -0.39 is 5.69 Å². The van der Waals surface area contributed by atoms with Crippen LogP contribution >= 0.6 is 0 Å². The minimum Gasteiger partial charge on any atom is -0.244 e. The highest BCUT2D eigenvalue weighted by atomic mass is 16.1. The molecule has 0 N–H and O–H groups in total. The summed E-state index contributed by atoms with van der Waals surface area (Å²) in [5, 5.41) is 0. The average Bonchev–Trinajstić information content (AvgIpc) is 1.94. The molecule has 3 heteroatoms. The highest BCUT2D eigenvalue weighted by molar-refractivity contribution is 4.79.